The van der Waals surface area contributed by atoms with Gasteiger partial charge in [0.15, 0.2) is 0 Å². The fraction of sp³-hybridized carbons (Fsp3) is 0.500. The van der Waals surface area contributed by atoms with Crippen LogP contribution in [-0.4, -0.2) is 66.3 Å². The van der Waals surface area contributed by atoms with Crippen LogP contribution in [0.5, 0.6) is 0 Å². The van der Waals surface area contributed by atoms with Gasteiger partial charge in [-0.2, -0.15) is 0 Å². The van der Waals surface area contributed by atoms with E-state index in [1.165, 1.54) is 24.1 Å². The minimum Gasteiger partial charge on any atom is -0.384 e. The minimum absolute atomic E-state index is 0.330. The van der Waals surface area contributed by atoms with Crippen molar-refractivity contribution in [3.8, 4) is 0 Å². The number of aliphatic hydroxyl groups excluding tert-OH is 1. The number of aromatic nitrogens is 1. The van der Waals surface area contributed by atoms with Crippen LogP contribution in [0.25, 0.3) is 10.9 Å². The molecule has 2 saturated heterocycles. The molecule has 2 aliphatic heterocycles. The summed E-state index contributed by atoms with van der Waals surface area (Å²) in [5, 5.41) is 12.6. The molecule has 3 aliphatic rings. The molecule has 6 rings (SSSR count). The zero-order chi connectivity index (χ0) is 25.9. The van der Waals surface area contributed by atoms with Gasteiger partial charge in [0, 0.05) is 71.0 Å². The van der Waals surface area contributed by atoms with E-state index in [2.05, 4.69) is 47.7 Å². The van der Waals surface area contributed by atoms with E-state index in [0.717, 1.165) is 79.1 Å². The number of benzene rings is 2. The molecule has 0 radical (unpaired) electrons. The van der Waals surface area contributed by atoms with Gasteiger partial charge in [-0.25, -0.2) is 0 Å². The highest BCUT2D eigenvalue weighted by Crippen LogP contribution is 2.50. The van der Waals surface area contributed by atoms with Crippen LogP contribution < -0.4 is 10.6 Å². The molecule has 1 amide bonds. The number of nitrogens with zero attached hydrogens (tertiary/aromatic N) is 2. The van der Waals surface area contributed by atoms with Crippen molar-refractivity contribution in [3.05, 3.63) is 63.8 Å². The molecule has 37 heavy (non-hydrogen) atoms. The van der Waals surface area contributed by atoms with Gasteiger partial charge in [0.1, 0.15) is 6.10 Å². The smallest absolute Gasteiger partial charge is 0.248 e. The van der Waals surface area contributed by atoms with E-state index >= 15 is 0 Å². The lowest BCUT2D eigenvalue weighted by Crippen LogP contribution is -2.49. The lowest BCUT2D eigenvalue weighted by atomic mass is 9.70. The Morgan fingerprint density at radius 1 is 1.14 bits per heavy atom. The predicted octanol–water partition coefficient (Wildman–Crippen LogP) is 3.85. The maximum atomic E-state index is 11.8. The van der Waals surface area contributed by atoms with E-state index in [4.69, 9.17) is 10.5 Å². The summed E-state index contributed by atoms with van der Waals surface area (Å²) in [6, 6.07) is 10.7. The Morgan fingerprint density at radius 3 is 2.54 bits per heavy atom. The number of hydrogen-bond acceptors (Lipinski definition) is 5. The van der Waals surface area contributed by atoms with Crippen LogP contribution in [0.4, 0.5) is 5.69 Å². The monoisotopic (exact) mass is 502 g/mol. The Kier molecular flexibility index (Phi) is 6.05. The fourth-order valence-electron chi connectivity index (χ4n) is 6.85. The number of anilines is 1. The molecule has 3 aromatic rings. The van der Waals surface area contributed by atoms with Crippen LogP contribution >= 0.6 is 0 Å². The topological polar surface area (TPSA) is 94.8 Å². The molecule has 0 spiro atoms. The van der Waals surface area contributed by atoms with Gasteiger partial charge in [-0.15, -0.1) is 0 Å². The highest BCUT2D eigenvalue weighted by molar-refractivity contribution is 5.98. The summed E-state index contributed by atoms with van der Waals surface area (Å²) in [4.78, 5) is 20.5. The number of piperidine rings is 1. The highest BCUT2D eigenvalue weighted by Gasteiger charge is 2.40. The number of fused-ring (bicyclic) bond motifs is 4. The largest absolute Gasteiger partial charge is 0.384 e. The molecular formula is C30H38N4O3. The van der Waals surface area contributed by atoms with Crippen LogP contribution in [0.1, 0.15) is 78.0 Å². The number of ether oxygens (including phenoxy) is 1. The van der Waals surface area contributed by atoms with Crippen molar-refractivity contribution in [3.63, 3.8) is 0 Å². The van der Waals surface area contributed by atoms with Gasteiger partial charge >= 0.3 is 0 Å². The quantitative estimate of drug-likeness (QED) is 0.504. The molecule has 1 aliphatic carbocycles. The molecule has 1 aromatic heterocycles. The summed E-state index contributed by atoms with van der Waals surface area (Å²) in [5.74, 6) is -0.452. The molecule has 7 heteroatoms. The van der Waals surface area contributed by atoms with E-state index in [1.54, 1.807) is 12.1 Å². The number of rotatable bonds is 4. The van der Waals surface area contributed by atoms with Crippen molar-refractivity contribution in [1.29, 1.82) is 0 Å². The lowest BCUT2D eigenvalue weighted by molar-refractivity contribution is 0.0115. The standard InChI is InChI=1S/C30H38N4O3/c1-4-18-15-22-23(17-25(18)34-9-7-20(8-10-34)33-11-13-37-14-12-33)30(2,3)28-26(27(22)35)21-6-5-19(29(31)36)16-24(21)32-28/h5-6,15-17,20,27,32,35H,4,7-14H2,1-3H3,(H2,31,36). The second-order valence-electron chi connectivity index (χ2n) is 11.4. The number of amides is 1. The molecule has 196 valence electrons. The van der Waals surface area contributed by atoms with Gasteiger partial charge in [0.2, 0.25) is 5.91 Å². The van der Waals surface area contributed by atoms with E-state index in [-0.39, 0.29) is 5.41 Å². The highest BCUT2D eigenvalue weighted by atomic mass is 16.5. The van der Waals surface area contributed by atoms with Gasteiger partial charge in [-0.1, -0.05) is 32.9 Å². The first kappa shape index (κ1) is 24.5. The van der Waals surface area contributed by atoms with E-state index in [1.807, 2.05) is 6.07 Å². The molecule has 2 fully saturated rings. The number of aryl methyl sites for hydroxylation is 1. The number of aliphatic hydroxyl groups is 1. The predicted molar refractivity (Wildman–Crippen MR) is 146 cm³/mol. The number of carbonyl (C=O) groups excluding carboxylic acids is 1. The maximum absolute atomic E-state index is 11.8. The Bertz CT molecular complexity index is 1350. The van der Waals surface area contributed by atoms with Crippen LogP contribution in [0.3, 0.4) is 0 Å². The van der Waals surface area contributed by atoms with Gasteiger partial charge in [-0.3, -0.25) is 9.69 Å². The molecule has 0 saturated carbocycles. The molecule has 3 heterocycles. The first-order valence-corrected chi connectivity index (χ1v) is 13.7. The first-order valence-electron chi connectivity index (χ1n) is 13.7. The van der Waals surface area contributed by atoms with Gasteiger partial charge in [0.05, 0.1) is 13.2 Å². The first-order chi connectivity index (χ1) is 17.8. The van der Waals surface area contributed by atoms with Crippen molar-refractivity contribution in [2.24, 2.45) is 5.73 Å². The third-order valence-electron chi connectivity index (χ3n) is 8.99. The Balaban J connectivity index is 1.36. The molecule has 1 unspecified atom stereocenters. The van der Waals surface area contributed by atoms with Gasteiger partial charge < -0.3 is 25.5 Å². The van der Waals surface area contributed by atoms with Crippen molar-refractivity contribution >= 4 is 22.5 Å². The minimum atomic E-state index is -0.724. The molecule has 2 aromatic carbocycles. The van der Waals surface area contributed by atoms with Crippen molar-refractivity contribution < 1.29 is 14.6 Å². The van der Waals surface area contributed by atoms with Crippen LogP contribution in [0, 0.1) is 0 Å². The summed E-state index contributed by atoms with van der Waals surface area (Å²) in [6.07, 6.45) is 2.53. The second kappa shape index (κ2) is 9.15. The van der Waals surface area contributed by atoms with Crippen molar-refractivity contribution in [2.75, 3.05) is 44.3 Å². The Labute approximate surface area is 218 Å². The second-order valence-corrected chi connectivity index (χ2v) is 11.4. The summed E-state index contributed by atoms with van der Waals surface area (Å²) < 4.78 is 5.56. The van der Waals surface area contributed by atoms with Crippen molar-refractivity contribution in [1.82, 2.24) is 9.88 Å². The zero-order valence-corrected chi connectivity index (χ0v) is 22.1. The van der Waals surface area contributed by atoms with Crippen LogP contribution in [0.15, 0.2) is 30.3 Å². The van der Waals surface area contributed by atoms with Crippen LogP contribution in [-0.2, 0) is 16.6 Å². The number of nitrogens with one attached hydrogen (secondary N) is 1. The van der Waals surface area contributed by atoms with E-state index < -0.39 is 12.0 Å². The summed E-state index contributed by atoms with van der Waals surface area (Å²) >= 11 is 0. The molecular weight excluding hydrogens is 464 g/mol. The zero-order valence-electron chi connectivity index (χ0n) is 22.1. The maximum Gasteiger partial charge on any atom is 0.248 e. The normalized spacial score (nSPS) is 22.2. The van der Waals surface area contributed by atoms with Gasteiger partial charge in [0.25, 0.3) is 0 Å². The lowest BCUT2D eigenvalue weighted by Gasteiger charge is -2.42. The molecule has 1 atom stereocenters. The van der Waals surface area contributed by atoms with Gasteiger partial charge in [-0.05, 0) is 54.2 Å². The SMILES string of the molecule is CCc1cc2c(cc1N1CCC(N3CCOCC3)CC1)C(C)(C)c1[nH]c3cc(C(N)=O)ccc3c1C2O. The van der Waals surface area contributed by atoms with Crippen LogP contribution in [0.2, 0.25) is 0 Å². The summed E-state index contributed by atoms with van der Waals surface area (Å²) in [5.41, 5.74) is 13.2. The average Bonchev–Trinajstić information content (AvgIpc) is 3.32. The third-order valence-corrected chi connectivity index (χ3v) is 8.99. The van der Waals surface area contributed by atoms with Crippen molar-refractivity contribution in [2.45, 2.75) is 57.6 Å². The number of carbonyl (C=O) groups is 1. The number of aromatic amines is 1. The Hall–Kier alpha value is -2.87. The number of primary amides is 1. The number of nitrogens with two attached hydrogens (primary N) is 1. The fourth-order valence-corrected chi connectivity index (χ4v) is 6.85. The average molecular weight is 503 g/mol. The summed E-state index contributed by atoms with van der Waals surface area (Å²) in [6.45, 7) is 12.5. The summed E-state index contributed by atoms with van der Waals surface area (Å²) in [7, 11) is 0. The third kappa shape index (κ3) is 3.95. The molecule has 4 N–H and O–H groups in total. The molecule has 0 bridgehead atoms. The number of H-pyrrole nitrogens is 1. The van der Waals surface area contributed by atoms with E-state index in [9.17, 15) is 9.90 Å². The van der Waals surface area contributed by atoms with E-state index in [0.29, 0.717) is 11.6 Å². The Morgan fingerprint density at radius 2 is 1.86 bits per heavy atom. The number of hydrogen-bond donors (Lipinski definition) is 3. The number of morpholine rings is 1. The molecule has 7 nitrogen and oxygen atoms in total.